The molecule has 0 spiro atoms. The molecule has 0 radical (unpaired) electrons. The fraction of sp³-hybridized carbons (Fsp3) is 0.467. The fourth-order valence-corrected chi connectivity index (χ4v) is 2.76. The summed E-state index contributed by atoms with van der Waals surface area (Å²) in [5.74, 6) is 1.01. The van der Waals surface area contributed by atoms with E-state index in [0.717, 1.165) is 24.2 Å². The van der Waals surface area contributed by atoms with Crippen LogP contribution in [0.5, 0.6) is 0 Å². The molecule has 3 rings (SSSR count). The molecule has 0 aliphatic heterocycles. The Morgan fingerprint density at radius 1 is 1.33 bits per heavy atom. The first-order valence-corrected chi connectivity index (χ1v) is 6.57. The molecule has 1 heterocycles. The molecule has 3 nitrogen and oxygen atoms in total. The molecule has 1 aromatic carbocycles. The van der Waals surface area contributed by atoms with E-state index < -0.39 is 0 Å². The van der Waals surface area contributed by atoms with E-state index in [9.17, 15) is 5.11 Å². The predicted molar refractivity (Wildman–Crippen MR) is 71.5 cm³/mol. The molecular formula is C15H19NO2. The lowest BCUT2D eigenvalue weighted by atomic mass is 9.89. The third-order valence-electron chi connectivity index (χ3n) is 3.87. The van der Waals surface area contributed by atoms with Crippen LogP contribution >= 0.6 is 0 Å². The Balaban J connectivity index is 1.82. The first-order chi connectivity index (χ1) is 8.65. The molecule has 2 aromatic rings. The maximum absolute atomic E-state index is 9.31. The maximum atomic E-state index is 9.31. The molecule has 1 unspecified atom stereocenters. The maximum Gasteiger partial charge on any atom is 0.134 e. The smallest absolute Gasteiger partial charge is 0.134 e. The summed E-state index contributed by atoms with van der Waals surface area (Å²) in [5, 5.41) is 14.0. The van der Waals surface area contributed by atoms with Gasteiger partial charge in [0.25, 0.3) is 0 Å². The standard InChI is InChI=1S/C15H19NO2/c1-9-13-5-3-4-6-14(13)18-15(9)10(2)16-11-7-12(17)8-11/h3-6,10-12,16-17H,7-8H2,1-2H3. The molecule has 18 heavy (non-hydrogen) atoms. The van der Waals surface area contributed by atoms with Crippen LogP contribution in [0.2, 0.25) is 0 Å². The highest BCUT2D eigenvalue weighted by atomic mass is 16.3. The van der Waals surface area contributed by atoms with Gasteiger partial charge in [-0.25, -0.2) is 0 Å². The topological polar surface area (TPSA) is 45.4 Å². The molecule has 1 aliphatic carbocycles. The average molecular weight is 245 g/mol. The van der Waals surface area contributed by atoms with Gasteiger partial charge in [0.05, 0.1) is 12.1 Å². The van der Waals surface area contributed by atoms with Crippen molar-refractivity contribution in [3.63, 3.8) is 0 Å². The highest BCUT2D eigenvalue weighted by molar-refractivity contribution is 5.82. The Morgan fingerprint density at radius 3 is 2.72 bits per heavy atom. The number of para-hydroxylation sites is 1. The van der Waals surface area contributed by atoms with Crippen LogP contribution in [-0.2, 0) is 0 Å². The van der Waals surface area contributed by atoms with Crippen molar-refractivity contribution in [1.82, 2.24) is 5.32 Å². The van der Waals surface area contributed by atoms with Gasteiger partial charge in [0.2, 0.25) is 0 Å². The van der Waals surface area contributed by atoms with E-state index in [1.54, 1.807) is 0 Å². The van der Waals surface area contributed by atoms with E-state index in [4.69, 9.17) is 4.42 Å². The van der Waals surface area contributed by atoms with Gasteiger partial charge in [0.15, 0.2) is 0 Å². The molecule has 1 saturated carbocycles. The van der Waals surface area contributed by atoms with E-state index in [-0.39, 0.29) is 12.1 Å². The van der Waals surface area contributed by atoms with Crippen LogP contribution in [0.1, 0.15) is 37.1 Å². The second-order valence-electron chi connectivity index (χ2n) is 5.30. The molecule has 1 aliphatic rings. The van der Waals surface area contributed by atoms with E-state index in [1.165, 1.54) is 10.9 Å². The van der Waals surface area contributed by atoms with E-state index in [0.29, 0.717) is 6.04 Å². The lowest BCUT2D eigenvalue weighted by molar-refractivity contribution is 0.0574. The molecule has 3 heteroatoms. The van der Waals surface area contributed by atoms with Gasteiger partial charge in [0.1, 0.15) is 11.3 Å². The number of aryl methyl sites for hydroxylation is 1. The van der Waals surface area contributed by atoms with Gasteiger partial charge < -0.3 is 14.8 Å². The number of aliphatic hydroxyl groups is 1. The molecule has 96 valence electrons. The molecule has 1 aromatic heterocycles. The molecule has 0 amide bonds. The fourth-order valence-electron chi connectivity index (χ4n) is 2.76. The minimum absolute atomic E-state index is 0.119. The van der Waals surface area contributed by atoms with Crippen LogP contribution in [0.15, 0.2) is 28.7 Å². The van der Waals surface area contributed by atoms with Crippen molar-refractivity contribution in [1.29, 1.82) is 0 Å². The van der Waals surface area contributed by atoms with Gasteiger partial charge in [-0.3, -0.25) is 0 Å². The SMILES string of the molecule is Cc1c(C(C)NC2CC(O)C2)oc2ccccc12. The second-order valence-corrected chi connectivity index (χ2v) is 5.30. The molecular weight excluding hydrogens is 226 g/mol. The monoisotopic (exact) mass is 245 g/mol. The minimum atomic E-state index is -0.119. The first-order valence-electron chi connectivity index (χ1n) is 6.57. The third-order valence-corrected chi connectivity index (χ3v) is 3.87. The average Bonchev–Trinajstić information content (AvgIpc) is 2.66. The summed E-state index contributed by atoms with van der Waals surface area (Å²) in [6.45, 7) is 4.23. The van der Waals surface area contributed by atoms with E-state index in [2.05, 4.69) is 25.2 Å². The number of fused-ring (bicyclic) bond motifs is 1. The lowest BCUT2D eigenvalue weighted by Crippen LogP contribution is -2.45. The molecule has 0 bridgehead atoms. The zero-order valence-electron chi connectivity index (χ0n) is 10.8. The van der Waals surface area contributed by atoms with Crippen LogP contribution in [-0.4, -0.2) is 17.3 Å². The Hall–Kier alpha value is -1.32. The number of furan rings is 1. The van der Waals surface area contributed by atoms with Crippen LogP contribution in [0, 0.1) is 6.92 Å². The molecule has 0 saturated heterocycles. The van der Waals surface area contributed by atoms with Crippen molar-refractivity contribution in [3.05, 3.63) is 35.6 Å². The van der Waals surface area contributed by atoms with Crippen LogP contribution in [0.3, 0.4) is 0 Å². The normalized spacial score (nSPS) is 25.1. The van der Waals surface area contributed by atoms with E-state index in [1.807, 2.05) is 18.2 Å². The van der Waals surface area contributed by atoms with Crippen molar-refractivity contribution >= 4 is 11.0 Å². The van der Waals surface area contributed by atoms with Gasteiger partial charge in [-0.15, -0.1) is 0 Å². The number of rotatable bonds is 3. The quantitative estimate of drug-likeness (QED) is 0.874. The molecule has 1 atom stereocenters. The summed E-state index contributed by atoms with van der Waals surface area (Å²) < 4.78 is 5.93. The highest BCUT2D eigenvalue weighted by Gasteiger charge is 2.29. The van der Waals surface area contributed by atoms with E-state index >= 15 is 0 Å². The molecule has 1 fully saturated rings. The van der Waals surface area contributed by atoms with Gasteiger partial charge in [-0.2, -0.15) is 0 Å². The highest BCUT2D eigenvalue weighted by Crippen LogP contribution is 2.31. The number of aliphatic hydroxyl groups excluding tert-OH is 1. The summed E-state index contributed by atoms with van der Waals surface area (Å²) in [6.07, 6.45) is 1.58. The van der Waals surface area contributed by atoms with Crippen molar-refractivity contribution in [2.45, 2.75) is 44.9 Å². The number of nitrogens with one attached hydrogen (secondary N) is 1. The Morgan fingerprint density at radius 2 is 2.06 bits per heavy atom. The van der Waals surface area contributed by atoms with Crippen LogP contribution < -0.4 is 5.32 Å². The summed E-state index contributed by atoms with van der Waals surface area (Å²) in [4.78, 5) is 0. The van der Waals surface area contributed by atoms with Crippen molar-refractivity contribution < 1.29 is 9.52 Å². The van der Waals surface area contributed by atoms with Gasteiger partial charge in [-0.1, -0.05) is 18.2 Å². The van der Waals surface area contributed by atoms with Crippen molar-refractivity contribution in [2.24, 2.45) is 0 Å². The number of benzene rings is 1. The summed E-state index contributed by atoms with van der Waals surface area (Å²) in [5.41, 5.74) is 2.16. The van der Waals surface area contributed by atoms with Crippen molar-refractivity contribution in [2.75, 3.05) is 0 Å². The van der Waals surface area contributed by atoms with Crippen LogP contribution in [0.25, 0.3) is 11.0 Å². The third kappa shape index (κ3) is 1.93. The Bertz CT molecular complexity index is 555. The number of hydrogen-bond acceptors (Lipinski definition) is 3. The largest absolute Gasteiger partial charge is 0.459 e. The zero-order chi connectivity index (χ0) is 12.7. The minimum Gasteiger partial charge on any atom is -0.459 e. The lowest BCUT2D eigenvalue weighted by Gasteiger charge is -2.34. The Kier molecular flexibility index (Phi) is 2.88. The zero-order valence-corrected chi connectivity index (χ0v) is 10.8. The van der Waals surface area contributed by atoms with Crippen molar-refractivity contribution in [3.8, 4) is 0 Å². The summed E-state index contributed by atoms with van der Waals surface area (Å²) in [7, 11) is 0. The van der Waals surface area contributed by atoms with Gasteiger partial charge in [0, 0.05) is 11.4 Å². The molecule has 2 N–H and O–H groups in total. The summed E-state index contributed by atoms with van der Waals surface area (Å²) >= 11 is 0. The van der Waals surface area contributed by atoms with Gasteiger partial charge in [-0.05, 0) is 38.3 Å². The van der Waals surface area contributed by atoms with Gasteiger partial charge >= 0.3 is 0 Å². The first kappa shape index (κ1) is 11.8. The predicted octanol–water partition coefficient (Wildman–Crippen LogP) is 2.92. The number of hydrogen-bond donors (Lipinski definition) is 2. The Labute approximate surface area is 107 Å². The summed E-state index contributed by atoms with van der Waals surface area (Å²) in [6, 6.07) is 8.74. The second kappa shape index (κ2) is 4.41. The van der Waals surface area contributed by atoms with Crippen LogP contribution in [0.4, 0.5) is 0 Å².